The molecule has 0 saturated heterocycles. The molecule has 1 aliphatic heterocycles. The van der Waals surface area contributed by atoms with Gasteiger partial charge in [-0.3, -0.25) is 10.3 Å². The second kappa shape index (κ2) is 8.21. The predicted octanol–water partition coefficient (Wildman–Crippen LogP) is 3.21. The van der Waals surface area contributed by atoms with Crippen molar-refractivity contribution in [3.63, 3.8) is 0 Å². The van der Waals surface area contributed by atoms with E-state index in [0.29, 0.717) is 0 Å². The van der Waals surface area contributed by atoms with Crippen LogP contribution in [0.15, 0.2) is 35.5 Å². The lowest BCUT2D eigenvalue weighted by Crippen LogP contribution is -2.60. The second-order valence-corrected chi connectivity index (χ2v) is 7.53. The summed E-state index contributed by atoms with van der Waals surface area (Å²) in [4.78, 5) is 19.9. The van der Waals surface area contributed by atoms with Gasteiger partial charge in [-0.05, 0) is 38.1 Å². The zero-order chi connectivity index (χ0) is 24.6. The maximum absolute atomic E-state index is 14.6. The molecular formula is C20H18F4N6O3. The molecule has 5 N–H and O–H groups in total. The summed E-state index contributed by atoms with van der Waals surface area (Å²) in [6, 6.07) is 6.45. The Labute approximate surface area is 185 Å². The number of nitrogens with two attached hydrogens (primary N) is 2. The van der Waals surface area contributed by atoms with Crippen molar-refractivity contribution in [1.82, 2.24) is 4.98 Å². The van der Waals surface area contributed by atoms with Crippen LogP contribution in [0.5, 0.6) is 5.88 Å². The maximum atomic E-state index is 14.6. The van der Waals surface area contributed by atoms with Crippen molar-refractivity contribution in [2.24, 2.45) is 10.7 Å². The van der Waals surface area contributed by atoms with E-state index in [1.54, 1.807) is 0 Å². The van der Waals surface area contributed by atoms with Crippen LogP contribution < -0.4 is 21.5 Å². The largest absolute Gasteiger partial charge is 0.424 e. The zero-order valence-electron chi connectivity index (χ0n) is 17.3. The van der Waals surface area contributed by atoms with Crippen LogP contribution in [-0.4, -0.2) is 35.3 Å². The highest BCUT2D eigenvalue weighted by molar-refractivity contribution is 5.91. The average Bonchev–Trinajstić information content (AvgIpc) is 2.73. The molecule has 9 nitrogen and oxygen atoms in total. The molecule has 1 aliphatic rings. The first-order valence-corrected chi connectivity index (χ1v) is 9.30. The first-order valence-electron chi connectivity index (χ1n) is 9.30. The molecule has 2 atom stereocenters. The highest BCUT2D eigenvalue weighted by atomic mass is 19.4. The molecule has 2 heterocycles. The Balaban J connectivity index is 1.84. The summed E-state index contributed by atoms with van der Waals surface area (Å²) in [5.74, 6) is -1.92. The Morgan fingerprint density at radius 1 is 1.30 bits per heavy atom. The Hall–Kier alpha value is -3.92. The summed E-state index contributed by atoms with van der Waals surface area (Å²) in [5, 5.41) is 11.1. The van der Waals surface area contributed by atoms with E-state index in [1.807, 2.05) is 6.07 Å². The van der Waals surface area contributed by atoms with Crippen molar-refractivity contribution in [2.45, 2.75) is 31.2 Å². The van der Waals surface area contributed by atoms with Gasteiger partial charge in [0.2, 0.25) is 11.5 Å². The number of halogens is 4. The van der Waals surface area contributed by atoms with Crippen LogP contribution in [0.4, 0.5) is 33.7 Å². The molecule has 0 radical (unpaired) electrons. The van der Waals surface area contributed by atoms with Gasteiger partial charge in [-0.1, -0.05) is 0 Å². The van der Waals surface area contributed by atoms with Crippen LogP contribution in [0.25, 0.3) is 0 Å². The lowest BCUT2D eigenvalue weighted by molar-refractivity contribution is -0.249. The third-order valence-corrected chi connectivity index (χ3v) is 5.03. The molecule has 0 spiro atoms. The number of carbonyl (C=O) groups is 1. The number of benzene rings is 1. The molecule has 1 amide bonds. The lowest BCUT2D eigenvalue weighted by Gasteiger charge is -2.41. The number of ether oxygens (including phenoxy) is 2. The van der Waals surface area contributed by atoms with Crippen LogP contribution >= 0.6 is 0 Å². The molecule has 1 aromatic carbocycles. The summed E-state index contributed by atoms with van der Waals surface area (Å²) in [5.41, 5.74) is 6.80. The van der Waals surface area contributed by atoms with E-state index in [0.717, 1.165) is 19.2 Å². The second-order valence-electron chi connectivity index (χ2n) is 7.53. The Morgan fingerprint density at radius 2 is 2.00 bits per heavy atom. The number of hydrogen-bond acceptors (Lipinski definition) is 8. The predicted molar refractivity (Wildman–Crippen MR) is 109 cm³/mol. The minimum absolute atomic E-state index is 0.0442. The maximum Gasteiger partial charge on any atom is 0.424 e. The van der Waals surface area contributed by atoms with Gasteiger partial charge in [0.15, 0.2) is 0 Å². The van der Waals surface area contributed by atoms with Crippen molar-refractivity contribution < 1.29 is 31.8 Å². The molecule has 0 unspecified atom stereocenters. The quantitative estimate of drug-likeness (QED) is 0.588. The summed E-state index contributed by atoms with van der Waals surface area (Å²) < 4.78 is 64.5. The number of carbonyl (C=O) groups excluding carboxylic acids is 1. The van der Waals surface area contributed by atoms with Crippen LogP contribution in [0.2, 0.25) is 0 Å². The number of aliphatic imine (C=N–C) groups is 1. The number of aromatic nitrogens is 1. The number of amides is 1. The van der Waals surface area contributed by atoms with Gasteiger partial charge < -0.3 is 20.9 Å². The van der Waals surface area contributed by atoms with E-state index >= 15 is 0 Å². The van der Waals surface area contributed by atoms with Gasteiger partial charge >= 0.3 is 12.3 Å². The van der Waals surface area contributed by atoms with Crippen LogP contribution in [0, 0.1) is 17.1 Å². The number of nitrogen functional groups attached to an aromatic ring is 1. The van der Waals surface area contributed by atoms with Crippen molar-refractivity contribution >= 4 is 23.3 Å². The van der Waals surface area contributed by atoms with Gasteiger partial charge in [0.25, 0.3) is 0 Å². The number of rotatable bonds is 3. The average molecular weight is 466 g/mol. The molecule has 174 valence electrons. The molecule has 0 saturated carbocycles. The van der Waals surface area contributed by atoms with Gasteiger partial charge in [-0.15, -0.1) is 0 Å². The van der Waals surface area contributed by atoms with Gasteiger partial charge in [0.1, 0.15) is 23.3 Å². The molecule has 33 heavy (non-hydrogen) atoms. The number of alkyl halides is 3. The van der Waals surface area contributed by atoms with Crippen molar-refractivity contribution in [3.8, 4) is 11.9 Å². The Kier molecular flexibility index (Phi) is 5.91. The van der Waals surface area contributed by atoms with Crippen molar-refractivity contribution in [3.05, 3.63) is 47.4 Å². The Morgan fingerprint density at radius 3 is 2.58 bits per heavy atom. The summed E-state index contributed by atoms with van der Waals surface area (Å²) in [6.07, 6.45) is -4.71. The SMILES string of the molecule is C[C@@]1(c2cc(NC(=O)Oc3ncc(C#N)cc3N)ccc2F)CO[C@@](C)(C(F)(F)F)C(N)=N1. The molecule has 3 rings (SSSR count). The number of nitriles is 1. The van der Waals surface area contributed by atoms with Crippen molar-refractivity contribution in [1.29, 1.82) is 5.26 Å². The van der Waals surface area contributed by atoms with E-state index in [9.17, 15) is 22.4 Å². The van der Waals surface area contributed by atoms with Crippen molar-refractivity contribution in [2.75, 3.05) is 17.7 Å². The highest BCUT2D eigenvalue weighted by Gasteiger charge is 2.59. The standard InChI is InChI=1S/C20H18F4N6O3/c1-18(9-32-19(2,16(27)30-18)20(22,23)24)12-6-11(3-4-13(12)21)29-17(31)33-15-14(26)5-10(7-25)8-28-15/h3-6,8H,9,26H2,1-2H3,(H2,27,30)(H,29,31)/t18-,19+/m0/s1. The van der Waals surface area contributed by atoms with Crippen LogP contribution in [0.1, 0.15) is 25.0 Å². The highest BCUT2D eigenvalue weighted by Crippen LogP contribution is 2.41. The van der Waals surface area contributed by atoms with E-state index in [1.165, 1.54) is 25.1 Å². The normalized spacial score (nSPS) is 22.8. The number of hydrogen-bond donors (Lipinski definition) is 3. The minimum Gasteiger partial charge on any atom is -0.394 e. The molecule has 0 aliphatic carbocycles. The zero-order valence-corrected chi connectivity index (χ0v) is 17.3. The summed E-state index contributed by atoms with van der Waals surface area (Å²) >= 11 is 0. The van der Waals surface area contributed by atoms with E-state index < -0.39 is 41.7 Å². The minimum atomic E-state index is -4.82. The van der Waals surface area contributed by atoms with Gasteiger partial charge in [-0.2, -0.15) is 18.4 Å². The topological polar surface area (TPSA) is 149 Å². The first kappa shape index (κ1) is 23.7. The number of nitrogens with zero attached hydrogens (tertiary/aromatic N) is 3. The molecule has 2 aromatic rings. The number of amidine groups is 1. The molecular weight excluding hydrogens is 448 g/mol. The third kappa shape index (κ3) is 4.51. The van der Waals surface area contributed by atoms with Crippen LogP contribution in [-0.2, 0) is 10.3 Å². The van der Waals surface area contributed by atoms with Gasteiger partial charge in [0.05, 0.1) is 17.9 Å². The van der Waals surface area contributed by atoms with Crippen LogP contribution in [0.3, 0.4) is 0 Å². The van der Waals surface area contributed by atoms with E-state index in [-0.39, 0.29) is 28.4 Å². The third-order valence-electron chi connectivity index (χ3n) is 5.03. The molecule has 1 aromatic heterocycles. The van der Waals surface area contributed by atoms with Gasteiger partial charge in [-0.25, -0.2) is 14.2 Å². The number of pyridine rings is 1. The fourth-order valence-electron chi connectivity index (χ4n) is 2.99. The molecule has 0 bridgehead atoms. The first-order chi connectivity index (χ1) is 15.3. The fourth-order valence-corrected chi connectivity index (χ4v) is 2.99. The number of anilines is 2. The summed E-state index contributed by atoms with van der Waals surface area (Å²) in [7, 11) is 0. The lowest BCUT2D eigenvalue weighted by atomic mass is 9.89. The fraction of sp³-hybridized carbons (Fsp3) is 0.300. The van der Waals surface area contributed by atoms with E-state index in [2.05, 4.69) is 15.3 Å². The molecule has 0 fully saturated rings. The number of nitrogens with one attached hydrogen (secondary N) is 1. The summed E-state index contributed by atoms with van der Waals surface area (Å²) in [6.45, 7) is 1.45. The van der Waals surface area contributed by atoms with Gasteiger partial charge in [0, 0.05) is 17.4 Å². The molecule has 13 heteroatoms. The smallest absolute Gasteiger partial charge is 0.394 e. The van der Waals surface area contributed by atoms with E-state index in [4.69, 9.17) is 26.2 Å². The monoisotopic (exact) mass is 466 g/mol. The Bertz CT molecular complexity index is 1180.